The van der Waals surface area contributed by atoms with E-state index in [0.29, 0.717) is 25.2 Å². The van der Waals surface area contributed by atoms with Crippen LogP contribution < -0.4 is 10.1 Å². The minimum atomic E-state index is -0.467. The van der Waals surface area contributed by atoms with Crippen molar-refractivity contribution in [2.24, 2.45) is 0 Å². The van der Waals surface area contributed by atoms with Crippen LogP contribution in [0, 0.1) is 0 Å². The second-order valence-corrected chi connectivity index (χ2v) is 6.74. The van der Waals surface area contributed by atoms with Gasteiger partial charge < -0.3 is 24.6 Å². The number of amides is 1. The van der Waals surface area contributed by atoms with Gasteiger partial charge in [0.15, 0.2) is 5.76 Å². The van der Waals surface area contributed by atoms with Crippen molar-refractivity contribution in [2.45, 2.75) is 50.4 Å². The Morgan fingerprint density at radius 2 is 2.04 bits per heavy atom. The molecule has 26 heavy (non-hydrogen) atoms. The summed E-state index contributed by atoms with van der Waals surface area (Å²) in [5.41, 5.74) is 1.09. The lowest BCUT2D eigenvalue weighted by Gasteiger charge is -2.29. The van der Waals surface area contributed by atoms with Gasteiger partial charge in [-0.1, -0.05) is 12.1 Å². The van der Waals surface area contributed by atoms with Gasteiger partial charge in [0.05, 0.1) is 13.7 Å². The molecule has 1 aromatic rings. The third-order valence-electron chi connectivity index (χ3n) is 4.59. The summed E-state index contributed by atoms with van der Waals surface area (Å²) in [6, 6.07) is 8.12. The SMILES string of the molecule is COc1ccc([C@H]2C=C(C(=O)NC3CC3)O[C@@H](OCCCCO)C2)cc1. The zero-order valence-corrected chi connectivity index (χ0v) is 15.1. The Balaban J connectivity index is 1.70. The van der Waals surface area contributed by atoms with Crippen LogP contribution in [0.15, 0.2) is 36.1 Å². The Bertz CT molecular complexity index is 624. The highest BCUT2D eigenvalue weighted by Crippen LogP contribution is 2.33. The molecule has 2 aliphatic rings. The molecule has 0 saturated heterocycles. The molecule has 1 aromatic carbocycles. The van der Waals surface area contributed by atoms with Gasteiger partial charge in [0, 0.05) is 25.0 Å². The lowest BCUT2D eigenvalue weighted by atomic mass is 9.93. The quantitative estimate of drug-likeness (QED) is 0.661. The lowest BCUT2D eigenvalue weighted by molar-refractivity contribution is -0.146. The zero-order valence-electron chi connectivity index (χ0n) is 15.1. The predicted molar refractivity (Wildman–Crippen MR) is 96.7 cm³/mol. The smallest absolute Gasteiger partial charge is 0.286 e. The Hall–Kier alpha value is -2.05. The van der Waals surface area contributed by atoms with Gasteiger partial charge in [-0.3, -0.25) is 4.79 Å². The molecule has 1 saturated carbocycles. The number of methoxy groups -OCH3 is 1. The van der Waals surface area contributed by atoms with Crippen LogP contribution in [0.1, 0.15) is 43.6 Å². The summed E-state index contributed by atoms with van der Waals surface area (Å²) in [6.07, 6.45) is 5.57. The number of unbranched alkanes of at least 4 members (excludes halogenated alkanes) is 1. The van der Waals surface area contributed by atoms with Crippen LogP contribution in [0.4, 0.5) is 0 Å². The lowest BCUT2D eigenvalue weighted by Crippen LogP contribution is -2.34. The number of nitrogens with one attached hydrogen (secondary N) is 1. The molecule has 1 fully saturated rings. The summed E-state index contributed by atoms with van der Waals surface area (Å²) in [5.74, 6) is 0.997. The van der Waals surface area contributed by atoms with E-state index in [4.69, 9.17) is 19.3 Å². The summed E-state index contributed by atoms with van der Waals surface area (Å²) in [7, 11) is 1.64. The highest BCUT2D eigenvalue weighted by atomic mass is 16.7. The number of ether oxygens (including phenoxy) is 3. The van der Waals surface area contributed by atoms with Crippen molar-refractivity contribution in [3.8, 4) is 5.75 Å². The molecule has 0 aromatic heterocycles. The molecule has 142 valence electrons. The van der Waals surface area contributed by atoms with Crippen molar-refractivity contribution in [1.82, 2.24) is 5.32 Å². The average molecular weight is 361 g/mol. The molecule has 6 heteroatoms. The molecule has 1 heterocycles. The summed E-state index contributed by atoms with van der Waals surface area (Å²) >= 11 is 0. The average Bonchev–Trinajstić information content (AvgIpc) is 3.49. The third kappa shape index (κ3) is 5.22. The number of benzene rings is 1. The van der Waals surface area contributed by atoms with Gasteiger partial charge in [0.2, 0.25) is 6.29 Å². The van der Waals surface area contributed by atoms with Crippen molar-refractivity contribution in [3.05, 3.63) is 41.7 Å². The van der Waals surface area contributed by atoms with Gasteiger partial charge in [-0.05, 0) is 49.5 Å². The van der Waals surface area contributed by atoms with Crippen LogP contribution >= 0.6 is 0 Å². The Kier molecular flexibility index (Phi) is 6.52. The van der Waals surface area contributed by atoms with Gasteiger partial charge in [-0.15, -0.1) is 0 Å². The van der Waals surface area contributed by atoms with E-state index in [2.05, 4.69) is 5.32 Å². The fourth-order valence-electron chi connectivity index (χ4n) is 2.91. The van der Waals surface area contributed by atoms with Crippen LogP contribution in [0.25, 0.3) is 0 Å². The number of aliphatic hydroxyl groups is 1. The van der Waals surface area contributed by atoms with E-state index in [9.17, 15) is 4.79 Å². The molecule has 1 aliphatic heterocycles. The Morgan fingerprint density at radius 3 is 2.69 bits per heavy atom. The number of hydrogen-bond donors (Lipinski definition) is 2. The largest absolute Gasteiger partial charge is 0.497 e. The van der Waals surface area contributed by atoms with Crippen LogP contribution in [-0.4, -0.2) is 43.7 Å². The summed E-state index contributed by atoms with van der Waals surface area (Å²) in [5, 5.41) is 11.9. The van der Waals surface area contributed by atoms with E-state index in [-0.39, 0.29) is 24.5 Å². The number of allylic oxidation sites excluding steroid dienone is 1. The number of carbonyl (C=O) groups is 1. The monoisotopic (exact) mass is 361 g/mol. The maximum absolute atomic E-state index is 12.4. The molecular weight excluding hydrogens is 334 g/mol. The van der Waals surface area contributed by atoms with E-state index < -0.39 is 6.29 Å². The topological polar surface area (TPSA) is 77.0 Å². The molecule has 0 radical (unpaired) electrons. The summed E-state index contributed by atoms with van der Waals surface area (Å²) < 4.78 is 16.8. The standard InChI is InChI=1S/C20H27NO5/c1-24-17-8-4-14(5-9-17)15-12-18(20(23)21-16-6-7-16)26-19(13-15)25-11-3-2-10-22/h4-5,8-9,12,15-16,19,22H,2-3,6-7,10-11,13H2,1H3,(H,21,23)/t15-,19+/m0/s1. The summed E-state index contributed by atoms with van der Waals surface area (Å²) in [4.78, 5) is 12.4. The number of aliphatic hydroxyl groups excluding tert-OH is 1. The predicted octanol–water partition coefficient (Wildman–Crippen LogP) is 2.48. The van der Waals surface area contributed by atoms with Gasteiger partial charge >= 0.3 is 0 Å². The fraction of sp³-hybridized carbons (Fsp3) is 0.550. The first kappa shape index (κ1) is 18.7. The first-order chi connectivity index (χ1) is 12.7. The first-order valence-electron chi connectivity index (χ1n) is 9.25. The second-order valence-electron chi connectivity index (χ2n) is 6.74. The van der Waals surface area contributed by atoms with Gasteiger partial charge in [-0.2, -0.15) is 0 Å². The molecule has 0 spiro atoms. The van der Waals surface area contributed by atoms with Crippen LogP contribution in [0.5, 0.6) is 5.75 Å². The maximum Gasteiger partial charge on any atom is 0.286 e. The molecule has 1 aliphatic carbocycles. The molecule has 2 N–H and O–H groups in total. The van der Waals surface area contributed by atoms with E-state index in [1.54, 1.807) is 7.11 Å². The van der Waals surface area contributed by atoms with Crippen LogP contribution in [0.2, 0.25) is 0 Å². The molecular formula is C20H27NO5. The van der Waals surface area contributed by atoms with Crippen LogP contribution in [-0.2, 0) is 14.3 Å². The molecule has 0 unspecified atom stereocenters. The van der Waals surface area contributed by atoms with Crippen molar-refractivity contribution in [3.63, 3.8) is 0 Å². The first-order valence-corrected chi connectivity index (χ1v) is 9.25. The molecule has 2 atom stereocenters. The fourth-order valence-corrected chi connectivity index (χ4v) is 2.91. The maximum atomic E-state index is 12.4. The zero-order chi connectivity index (χ0) is 18.4. The molecule has 3 rings (SSSR count). The Morgan fingerprint density at radius 1 is 1.27 bits per heavy atom. The minimum Gasteiger partial charge on any atom is -0.497 e. The van der Waals surface area contributed by atoms with E-state index in [1.165, 1.54) is 0 Å². The summed E-state index contributed by atoms with van der Waals surface area (Å²) in [6.45, 7) is 0.649. The normalized spacial score (nSPS) is 22.3. The van der Waals surface area contributed by atoms with Gasteiger partial charge in [-0.25, -0.2) is 0 Å². The van der Waals surface area contributed by atoms with Gasteiger partial charge in [0.25, 0.3) is 5.91 Å². The van der Waals surface area contributed by atoms with E-state index >= 15 is 0 Å². The van der Waals surface area contributed by atoms with Crippen molar-refractivity contribution < 1.29 is 24.1 Å². The highest BCUT2D eigenvalue weighted by molar-refractivity contribution is 5.92. The third-order valence-corrected chi connectivity index (χ3v) is 4.59. The van der Waals surface area contributed by atoms with Crippen molar-refractivity contribution in [2.75, 3.05) is 20.3 Å². The number of hydrogen-bond acceptors (Lipinski definition) is 5. The number of carbonyl (C=O) groups excluding carboxylic acids is 1. The van der Waals surface area contributed by atoms with Crippen LogP contribution in [0.3, 0.4) is 0 Å². The second kappa shape index (κ2) is 9.05. The molecule has 6 nitrogen and oxygen atoms in total. The van der Waals surface area contributed by atoms with Gasteiger partial charge in [0.1, 0.15) is 5.75 Å². The van der Waals surface area contributed by atoms with Crippen molar-refractivity contribution >= 4 is 5.91 Å². The highest BCUT2D eigenvalue weighted by Gasteiger charge is 2.31. The molecule has 0 bridgehead atoms. The van der Waals surface area contributed by atoms with E-state index in [1.807, 2.05) is 30.3 Å². The number of rotatable bonds is 9. The Labute approximate surface area is 154 Å². The molecule has 1 amide bonds. The van der Waals surface area contributed by atoms with E-state index in [0.717, 1.165) is 30.6 Å². The minimum absolute atomic E-state index is 0.0393. The van der Waals surface area contributed by atoms with Crippen molar-refractivity contribution in [1.29, 1.82) is 0 Å².